The van der Waals surface area contributed by atoms with Gasteiger partial charge in [-0.25, -0.2) is 4.39 Å². The molecule has 0 radical (unpaired) electrons. The number of nitrogens with one attached hydrogen (secondary N) is 3. The summed E-state index contributed by atoms with van der Waals surface area (Å²) >= 11 is 0. The Balaban J connectivity index is 1.55. The molecule has 3 N–H and O–H groups in total. The SMILES string of the molecule is CNCC(=O)N1CCCc2ccc(NC(=O)c3n[nH]c(C4CC4)c3F)cc21. The van der Waals surface area contributed by atoms with Crippen LogP contribution in [-0.4, -0.2) is 42.1 Å². The largest absolute Gasteiger partial charge is 0.320 e. The van der Waals surface area contributed by atoms with Gasteiger partial charge < -0.3 is 15.5 Å². The predicted octanol–water partition coefficient (Wildman–Crippen LogP) is 2.18. The molecule has 1 aliphatic heterocycles. The first-order chi connectivity index (χ1) is 13.1. The van der Waals surface area contributed by atoms with Crippen LogP contribution in [0, 0.1) is 5.82 Å². The van der Waals surface area contributed by atoms with Gasteiger partial charge in [-0.1, -0.05) is 6.07 Å². The summed E-state index contributed by atoms with van der Waals surface area (Å²) in [5.74, 6) is -1.04. The van der Waals surface area contributed by atoms with Crippen LogP contribution in [0.4, 0.5) is 15.8 Å². The van der Waals surface area contributed by atoms with Crippen LogP contribution < -0.4 is 15.5 Å². The third-order valence-corrected chi connectivity index (χ3v) is 5.02. The first-order valence-electron chi connectivity index (χ1n) is 9.21. The number of amides is 2. The molecular weight excluding hydrogens is 349 g/mol. The van der Waals surface area contributed by atoms with Crippen molar-refractivity contribution in [2.45, 2.75) is 31.6 Å². The van der Waals surface area contributed by atoms with Crippen molar-refractivity contribution in [3.63, 3.8) is 0 Å². The number of likely N-dealkylation sites (N-methyl/N-ethyl adjacent to an activating group) is 1. The minimum Gasteiger partial charge on any atom is -0.320 e. The number of H-pyrrole nitrogens is 1. The number of aromatic nitrogens is 2. The van der Waals surface area contributed by atoms with Gasteiger partial charge in [0.05, 0.1) is 12.2 Å². The minimum absolute atomic E-state index is 0.0191. The summed E-state index contributed by atoms with van der Waals surface area (Å²) in [5, 5.41) is 12.1. The highest BCUT2D eigenvalue weighted by Crippen LogP contribution is 2.40. The average Bonchev–Trinajstić information content (AvgIpc) is 3.43. The quantitative estimate of drug-likeness (QED) is 0.751. The zero-order valence-corrected chi connectivity index (χ0v) is 15.1. The Labute approximate surface area is 156 Å². The van der Waals surface area contributed by atoms with E-state index in [1.165, 1.54) is 0 Å². The van der Waals surface area contributed by atoms with E-state index < -0.39 is 11.7 Å². The summed E-state index contributed by atoms with van der Waals surface area (Å²) in [5.41, 5.74) is 2.55. The molecule has 0 unspecified atom stereocenters. The van der Waals surface area contributed by atoms with Crippen molar-refractivity contribution in [2.75, 3.05) is 30.4 Å². The van der Waals surface area contributed by atoms with Crippen molar-refractivity contribution < 1.29 is 14.0 Å². The molecule has 1 saturated carbocycles. The van der Waals surface area contributed by atoms with Crippen molar-refractivity contribution in [3.05, 3.63) is 41.0 Å². The molecule has 2 heterocycles. The maximum absolute atomic E-state index is 14.4. The summed E-state index contributed by atoms with van der Waals surface area (Å²) in [4.78, 5) is 26.5. The van der Waals surface area contributed by atoms with Crippen LogP contribution in [0.5, 0.6) is 0 Å². The maximum atomic E-state index is 14.4. The number of benzene rings is 1. The fourth-order valence-corrected chi connectivity index (χ4v) is 3.48. The zero-order valence-electron chi connectivity index (χ0n) is 15.1. The third kappa shape index (κ3) is 3.44. The summed E-state index contributed by atoms with van der Waals surface area (Å²) in [6.45, 7) is 0.891. The van der Waals surface area contributed by atoms with E-state index in [0.29, 0.717) is 17.9 Å². The average molecular weight is 371 g/mol. The number of rotatable bonds is 5. The van der Waals surface area contributed by atoms with E-state index in [1.807, 2.05) is 6.07 Å². The number of fused-ring (bicyclic) bond motifs is 1. The standard InChI is InChI=1S/C19H22FN5O2/c1-21-10-15(26)25-8-2-3-11-6-7-13(9-14(11)25)22-19(27)18-16(20)17(23-24-18)12-4-5-12/h6-7,9,12,21H,2-5,8,10H2,1H3,(H,22,27)(H,23,24). The van der Waals surface area contributed by atoms with Crippen molar-refractivity contribution in [1.82, 2.24) is 15.5 Å². The lowest BCUT2D eigenvalue weighted by Gasteiger charge is -2.30. The topological polar surface area (TPSA) is 90.1 Å². The van der Waals surface area contributed by atoms with Crippen LogP contribution in [0.3, 0.4) is 0 Å². The molecule has 27 heavy (non-hydrogen) atoms. The van der Waals surface area contributed by atoms with Gasteiger partial charge in [-0.2, -0.15) is 5.10 Å². The molecule has 0 atom stereocenters. The molecule has 1 aliphatic carbocycles. The number of halogens is 1. The number of anilines is 2. The number of aryl methyl sites for hydroxylation is 1. The summed E-state index contributed by atoms with van der Waals surface area (Å²) < 4.78 is 14.4. The van der Waals surface area contributed by atoms with E-state index in [9.17, 15) is 14.0 Å². The molecule has 142 valence electrons. The fourth-order valence-electron chi connectivity index (χ4n) is 3.48. The van der Waals surface area contributed by atoms with Gasteiger partial charge >= 0.3 is 0 Å². The molecule has 4 rings (SSSR count). The second-order valence-corrected chi connectivity index (χ2v) is 7.05. The van der Waals surface area contributed by atoms with E-state index >= 15 is 0 Å². The molecule has 2 aliphatic rings. The van der Waals surface area contributed by atoms with Crippen LogP contribution >= 0.6 is 0 Å². The van der Waals surface area contributed by atoms with Gasteiger partial charge in [0.2, 0.25) is 5.91 Å². The number of nitrogens with zero attached hydrogens (tertiary/aromatic N) is 2. The van der Waals surface area contributed by atoms with Gasteiger partial charge in [0.15, 0.2) is 11.5 Å². The van der Waals surface area contributed by atoms with E-state index in [1.54, 1.807) is 24.1 Å². The highest BCUT2D eigenvalue weighted by Gasteiger charge is 2.32. The molecular formula is C19H22FN5O2. The highest BCUT2D eigenvalue weighted by atomic mass is 19.1. The Morgan fingerprint density at radius 2 is 2.19 bits per heavy atom. The summed E-state index contributed by atoms with van der Waals surface area (Å²) in [6.07, 6.45) is 3.62. The Kier molecular flexibility index (Phi) is 4.65. The number of carbonyl (C=O) groups excluding carboxylic acids is 2. The molecule has 1 fully saturated rings. The molecule has 7 nitrogen and oxygen atoms in total. The van der Waals surface area contributed by atoms with Gasteiger partial charge in [0.1, 0.15) is 0 Å². The number of carbonyl (C=O) groups is 2. The normalized spacial score (nSPS) is 16.1. The number of aromatic amines is 1. The lowest BCUT2D eigenvalue weighted by Crippen LogP contribution is -2.40. The molecule has 1 aromatic carbocycles. The summed E-state index contributed by atoms with van der Waals surface area (Å²) in [6, 6.07) is 5.45. The van der Waals surface area contributed by atoms with Gasteiger partial charge in [0, 0.05) is 23.8 Å². The Bertz CT molecular complexity index is 890. The second kappa shape index (κ2) is 7.11. The van der Waals surface area contributed by atoms with Crippen molar-refractivity contribution in [2.24, 2.45) is 0 Å². The van der Waals surface area contributed by atoms with Crippen LogP contribution in [0.25, 0.3) is 0 Å². The number of hydrogen-bond donors (Lipinski definition) is 3. The van der Waals surface area contributed by atoms with Crippen LogP contribution in [-0.2, 0) is 11.2 Å². The van der Waals surface area contributed by atoms with Gasteiger partial charge in [-0.15, -0.1) is 0 Å². The summed E-state index contributed by atoms with van der Waals surface area (Å²) in [7, 11) is 1.73. The first kappa shape index (κ1) is 17.7. The lowest BCUT2D eigenvalue weighted by atomic mass is 10.0. The lowest BCUT2D eigenvalue weighted by molar-refractivity contribution is -0.117. The molecule has 8 heteroatoms. The van der Waals surface area contributed by atoms with E-state index in [-0.39, 0.29) is 24.1 Å². The molecule has 1 aromatic heterocycles. The zero-order chi connectivity index (χ0) is 19.0. The predicted molar refractivity (Wildman–Crippen MR) is 99.5 cm³/mol. The third-order valence-electron chi connectivity index (χ3n) is 5.02. The van der Waals surface area contributed by atoms with Crippen LogP contribution in [0.2, 0.25) is 0 Å². The van der Waals surface area contributed by atoms with E-state index in [4.69, 9.17) is 0 Å². The van der Waals surface area contributed by atoms with Crippen LogP contribution in [0.15, 0.2) is 18.2 Å². The smallest absolute Gasteiger partial charge is 0.279 e. The molecule has 0 bridgehead atoms. The maximum Gasteiger partial charge on any atom is 0.279 e. The number of hydrogen-bond acceptors (Lipinski definition) is 4. The van der Waals surface area contributed by atoms with Gasteiger partial charge in [-0.3, -0.25) is 14.7 Å². The first-order valence-corrected chi connectivity index (χ1v) is 9.21. The van der Waals surface area contributed by atoms with E-state index in [0.717, 1.165) is 36.9 Å². The molecule has 0 spiro atoms. The molecule has 0 saturated heterocycles. The monoisotopic (exact) mass is 371 g/mol. The van der Waals surface area contributed by atoms with Crippen molar-refractivity contribution >= 4 is 23.2 Å². The molecule has 2 amide bonds. The van der Waals surface area contributed by atoms with Gasteiger partial charge in [0.25, 0.3) is 5.91 Å². The fraction of sp³-hybridized carbons (Fsp3) is 0.421. The minimum atomic E-state index is -0.598. The van der Waals surface area contributed by atoms with E-state index in [2.05, 4.69) is 20.8 Å². The highest BCUT2D eigenvalue weighted by molar-refractivity contribution is 6.04. The van der Waals surface area contributed by atoms with Crippen molar-refractivity contribution in [3.8, 4) is 0 Å². The Morgan fingerprint density at radius 1 is 1.37 bits per heavy atom. The molecule has 2 aromatic rings. The second-order valence-electron chi connectivity index (χ2n) is 7.05. The Morgan fingerprint density at radius 3 is 2.93 bits per heavy atom. The van der Waals surface area contributed by atoms with Crippen molar-refractivity contribution in [1.29, 1.82) is 0 Å². The van der Waals surface area contributed by atoms with Crippen LogP contribution in [0.1, 0.15) is 46.9 Å². The Hall–Kier alpha value is -2.74. The van der Waals surface area contributed by atoms with Gasteiger partial charge in [-0.05, 0) is 50.4 Å².